The summed E-state index contributed by atoms with van der Waals surface area (Å²) < 4.78 is 10.9. The van der Waals surface area contributed by atoms with Crippen LogP contribution in [0, 0.1) is 0 Å². The molecule has 3 rings (SSSR count). The van der Waals surface area contributed by atoms with Crippen LogP contribution in [0.15, 0.2) is 48.5 Å². The summed E-state index contributed by atoms with van der Waals surface area (Å²) in [4.78, 5) is 11.1. The Morgan fingerprint density at radius 1 is 0.958 bits per heavy atom. The van der Waals surface area contributed by atoms with Gasteiger partial charge in [0.15, 0.2) is 0 Å². The van der Waals surface area contributed by atoms with E-state index in [4.69, 9.17) is 9.47 Å². The molecule has 0 bridgehead atoms. The van der Waals surface area contributed by atoms with Gasteiger partial charge >= 0.3 is 6.01 Å². The Bertz CT molecular complexity index is 832. The van der Waals surface area contributed by atoms with Crippen LogP contribution in [0.3, 0.4) is 0 Å². The molecular weight excluding hydrogens is 302 g/mol. The van der Waals surface area contributed by atoms with E-state index in [0.29, 0.717) is 6.01 Å². The third kappa shape index (κ3) is 3.25. The molecule has 5 nitrogen and oxygen atoms in total. The molecule has 0 aliphatic heterocycles. The third-order valence-electron chi connectivity index (χ3n) is 3.68. The third-order valence-corrected chi connectivity index (χ3v) is 3.68. The highest BCUT2D eigenvalue weighted by Crippen LogP contribution is 2.31. The molecular formula is C19H21N3O2. The maximum atomic E-state index is 5.72. The van der Waals surface area contributed by atoms with Crippen LogP contribution in [-0.2, 0) is 0 Å². The van der Waals surface area contributed by atoms with E-state index >= 15 is 0 Å². The number of rotatable bonds is 5. The first kappa shape index (κ1) is 16.1. The van der Waals surface area contributed by atoms with Crippen LogP contribution in [0.25, 0.3) is 10.9 Å². The van der Waals surface area contributed by atoms with Crippen molar-refractivity contribution in [1.82, 2.24) is 9.97 Å². The van der Waals surface area contributed by atoms with E-state index in [1.807, 2.05) is 74.3 Å². The first-order valence-corrected chi connectivity index (χ1v) is 7.89. The molecule has 124 valence electrons. The summed E-state index contributed by atoms with van der Waals surface area (Å²) in [6.45, 7) is 3.93. The Hall–Kier alpha value is -2.82. The number of benzene rings is 2. The number of hydrogen-bond acceptors (Lipinski definition) is 5. The van der Waals surface area contributed by atoms with Gasteiger partial charge in [0.05, 0.1) is 18.7 Å². The number of hydrogen-bond donors (Lipinski definition) is 0. The standard InChI is InChI=1S/C19H21N3O2/c1-13(2)24-19-20-17-8-6-5-7-16(17)18(21-19)22(3)14-9-11-15(23-4)12-10-14/h5-13H,1-4H3. The maximum Gasteiger partial charge on any atom is 0.319 e. The second kappa shape index (κ2) is 6.74. The van der Waals surface area contributed by atoms with Gasteiger partial charge in [-0.3, -0.25) is 0 Å². The molecule has 1 heterocycles. The van der Waals surface area contributed by atoms with E-state index in [2.05, 4.69) is 9.97 Å². The largest absolute Gasteiger partial charge is 0.497 e. The highest BCUT2D eigenvalue weighted by atomic mass is 16.5. The van der Waals surface area contributed by atoms with Crippen molar-refractivity contribution in [1.29, 1.82) is 0 Å². The lowest BCUT2D eigenvalue weighted by atomic mass is 10.2. The SMILES string of the molecule is COc1ccc(N(C)c2nc(OC(C)C)nc3ccccc23)cc1. The summed E-state index contributed by atoms with van der Waals surface area (Å²) in [6.07, 6.45) is 0.0188. The quantitative estimate of drug-likeness (QED) is 0.704. The van der Waals surface area contributed by atoms with Crippen LogP contribution in [-0.4, -0.2) is 30.2 Å². The van der Waals surface area contributed by atoms with Crippen molar-refractivity contribution in [3.05, 3.63) is 48.5 Å². The Labute approximate surface area is 141 Å². The minimum Gasteiger partial charge on any atom is -0.497 e. The van der Waals surface area contributed by atoms with Gasteiger partial charge in [0.2, 0.25) is 0 Å². The molecule has 0 saturated heterocycles. The summed E-state index contributed by atoms with van der Waals surface area (Å²) in [7, 11) is 3.64. The molecule has 3 aromatic rings. The van der Waals surface area contributed by atoms with E-state index in [9.17, 15) is 0 Å². The monoisotopic (exact) mass is 323 g/mol. The average molecular weight is 323 g/mol. The van der Waals surface area contributed by atoms with E-state index < -0.39 is 0 Å². The first-order valence-electron chi connectivity index (χ1n) is 7.89. The zero-order chi connectivity index (χ0) is 17.1. The molecule has 2 aromatic carbocycles. The lowest BCUT2D eigenvalue weighted by molar-refractivity contribution is 0.223. The van der Waals surface area contributed by atoms with Crippen molar-refractivity contribution < 1.29 is 9.47 Å². The molecule has 0 amide bonds. The molecule has 5 heteroatoms. The molecule has 24 heavy (non-hydrogen) atoms. The van der Waals surface area contributed by atoms with Crippen molar-refractivity contribution >= 4 is 22.4 Å². The summed E-state index contributed by atoms with van der Waals surface area (Å²) in [5.41, 5.74) is 1.87. The molecule has 1 aromatic heterocycles. The van der Waals surface area contributed by atoms with Crippen LogP contribution in [0.4, 0.5) is 11.5 Å². The van der Waals surface area contributed by atoms with E-state index in [-0.39, 0.29) is 6.10 Å². The molecule has 0 atom stereocenters. The summed E-state index contributed by atoms with van der Waals surface area (Å²) >= 11 is 0. The molecule has 0 spiro atoms. The fourth-order valence-corrected chi connectivity index (χ4v) is 2.49. The molecule has 0 fully saturated rings. The second-order valence-corrected chi connectivity index (χ2v) is 5.77. The second-order valence-electron chi connectivity index (χ2n) is 5.77. The normalized spacial score (nSPS) is 10.9. The van der Waals surface area contributed by atoms with Gasteiger partial charge in [-0.2, -0.15) is 9.97 Å². The molecule has 0 saturated carbocycles. The van der Waals surface area contributed by atoms with E-state index in [1.54, 1.807) is 7.11 Å². The lowest BCUT2D eigenvalue weighted by Crippen LogP contribution is -2.15. The number of anilines is 2. The van der Waals surface area contributed by atoms with E-state index in [1.165, 1.54) is 0 Å². The van der Waals surface area contributed by atoms with Crippen molar-refractivity contribution in [2.75, 3.05) is 19.1 Å². The number of nitrogens with zero attached hydrogens (tertiary/aromatic N) is 3. The van der Waals surface area contributed by atoms with Gasteiger partial charge in [-0.05, 0) is 50.2 Å². The molecule has 0 radical (unpaired) electrons. The van der Waals surface area contributed by atoms with Gasteiger partial charge in [0.1, 0.15) is 11.6 Å². The van der Waals surface area contributed by atoms with Gasteiger partial charge in [-0.25, -0.2) is 0 Å². The highest BCUT2D eigenvalue weighted by molar-refractivity contribution is 5.91. The van der Waals surface area contributed by atoms with Crippen LogP contribution in [0.2, 0.25) is 0 Å². The van der Waals surface area contributed by atoms with Crippen LogP contribution in [0.1, 0.15) is 13.8 Å². The van der Waals surface area contributed by atoms with Crippen LogP contribution < -0.4 is 14.4 Å². The minimum atomic E-state index is 0.0188. The van der Waals surface area contributed by atoms with Gasteiger partial charge in [-0.1, -0.05) is 12.1 Å². The summed E-state index contributed by atoms with van der Waals surface area (Å²) in [5.74, 6) is 1.63. The van der Waals surface area contributed by atoms with Crippen molar-refractivity contribution in [3.63, 3.8) is 0 Å². The fraction of sp³-hybridized carbons (Fsp3) is 0.263. The minimum absolute atomic E-state index is 0.0188. The fourth-order valence-electron chi connectivity index (χ4n) is 2.49. The van der Waals surface area contributed by atoms with Gasteiger partial charge < -0.3 is 14.4 Å². The van der Waals surface area contributed by atoms with E-state index in [0.717, 1.165) is 28.2 Å². The Morgan fingerprint density at radius 3 is 2.33 bits per heavy atom. The predicted octanol–water partition coefficient (Wildman–Crippen LogP) is 4.19. The van der Waals surface area contributed by atoms with Gasteiger partial charge in [0.25, 0.3) is 0 Å². The molecule has 0 aliphatic carbocycles. The zero-order valence-corrected chi connectivity index (χ0v) is 14.4. The summed E-state index contributed by atoms with van der Waals surface area (Å²) in [6, 6.07) is 16.2. The number of para-hydroxylation sites is 1. The maximum absolute atomic E-state index is 5.72. The topological polar surface area (TPSA) is 47.5 Å². The average Bonchev–Trinajstić information content (AvgIpc) is 2.60. The highest BCUT2D eigenvalue weighted by Gasteiger charge is 2.14. The molecule has 0 aliphatic rings. The van der Waals surface area contributed by atoms with Crippen molar-refractivity contribution in [3.8, 4) is 11.8 Å². The number of fused-ring (bicyclic) bond motifs is 1. The Balaban J connectivity index is 2.08. The summed E-state index contributed by atoms with van der Waals surface area (Å²) in [5, 5.41) is 0.979. The van der Waals surface area contributed by atoms with Crippen molar-refractivity contribution in [2.24, 2.45) is 0 Å². The molecule has 0 unspecified atom stereocenters. The first-order chi connectivity index (χ1) is 11.6. The smallest absolute Gasteiger partial charge is 0.319 e. The van der Waals surface area contributed by atoms with Gasteiger partial charge in [0, 0.05) is 18.1 Å². The predicted molar refractivity (Wildman–Crippen MR) is 96.4 cm³/mol. The molecule has 0 N–H and O–H groups in total. The lowest BCUT2D eigenvalue weighted by Gasteiger charge is -2.21. The number of ether oxygens (including phenoxy) is 2. The number of aromatic nitrogens is 2. The van der Waals surface area contributed by atoms with Crippen LogP contribution in [0.5, 0.6) is 11.8 Å². The Kier molecular flexibility index (Phi) is 4.51. The van der Waals surface area contributed by atoms with Gasteiger partial charge in [-0.15, -0.1) is 0 Å². The van der Waals surface area contributed by atoms with Crippen LogP contribution >= 0.6 is 0 Å². The Morgan fingerprint density at radius 2 is 1.67 bits per heavy atom. The number of methoxy groups -OCH3 is 1. The zero-order valence-electron chi connectivity index (χ0n) is 14.4. The van der Waals surface area contributed by atoms with Crippen molar-refractivity contribution in [2.45, 2.75) is 20.0 Å².